The van der Waals surface area contributed by atoms with Crippen molar-refractivity contribution < 1.29 is 18.3 Å². The molecule has 0 fully saturated rings. The van der Waals surface area contributed by atoms with Crippen molar-refractivity contribution in [2.45, 2.75) is 18.8 Å². The molecule has 0 amide bonds. The first-order chi connectivity index (χ1) is 11.4. The van der Waals surface area contributed by atoms with Crippen molar-refractivity contribution in [3.63, 3.8) is 0 Å². The minimum absolute atomic E-state index is 0.0479. The van der Waals surface area contributed by atoms with Gasteiger partial charge < -0.3 is 5.11 Å². The first-order valence-corrected chi connectivity index (χ1v) is 7.04. The predicted molar refractivity (Wildman–Crippen MR) is 80.2 cm³/mol. The fourth-order valence-corrected chi connectivity index (χ4v) is 2.33. The van der Waals surface area contributed by atoms with Gasteiger partial charge in [0.25, 0.3) is 5.56 Å². The molecule has 1 unspecified atom stereocenters. The third-order valence-corrected chi connectivity index (χ3v) is 3.57. The van der Waals surface area contributed by atoms with Crippen LogP contribution in [0.1, 0.15) is 17.2 Å². The van der Waals surface area contributed by atoms with E-state index in [-0.39, 0.29) is 12.1 Å². The highest BCUT2D eigenvalue weighted by molar-refractivity contribution is 5.76. The van der Waals surface area contributed by atoms with E-state index in [1.165, 1.54) is 12.1 Å². The molecule has 0 saturated heterocycles. The molecule has 0 radical (unpaired) electrons. The van der Waals surface area contributed by atoms with Gasteiger partial charge in [-0.15, -0.1) is 5.10 Å². The van der Waals surface area contributed by atoms with E-state index in [1.54, 1.807) is 24.3 Å². The van der Waals surface area contributed by atoms with Crippen LogP contribution in [0.15, 0.2) is 53.3 Å². The van der Waals surface area contributed by atoms with Crippen LogP contribution in [-0.4, -0.2) is 20.1 Å². The van der Waals surface area contributed by atoms with Gasteiger partial charge in [-0.2, -0.15) is 13.2 Å². The van der Waals surface area contributed by atoms with Crippen molar-refractivity contribution in [3.8, 4) is 0 Å². The van der Waals surface area contributed by atoms with Gasteiger partial charge in [0.2, 0.25) is 0 Å². The predicted octanol–water partition coefficient (Wildman–Crippen LogP) is 2.54. The average Bonchev–Trinajstić information content (AvgIpc) is 2.57. The quantitative estimate of drug-likeness (QED) is 0.799. The van der Waals surface area contributed by atoms with Gasteiger partial charge in [-0.1, -0.05) is 29.5 Å². The zero-order valence-corrected chi connectivity index (χ0v) is 12.2. The van der Waals surface area contributed by atoms with E-state index in [0.29, 0.717) is 10.9 Å². The van der Waals surface area contributed by atoms with Crippen LogP contribution in [0.25, 0.3) is 10.9 Å². The molecular weight excluding hydrogens is 323 g/mol. The van der Waals surface area contributed by atoms with Crippen molar-refractivity contribution in [2.24, 2.45) is 0 Å². The lowest BCUT2D eigenvalue weighted by atomic mass is 10.1. The van der Waals surface area contributed by atoms with Crippen LogP contribution >= 0.6 is 0 Å². The number of alkyl halides is 3. The summed E-state index contributed by atoms with van der Waals surface area (Å²) < 4.78 is 39.2. The number of halogens is 3. The minimum atomic E-state index is -4.50. The molecule has 124 valence electrons. The average molecular weight is 335 g/mol. The number of aromatic nitrogens is 3. The molecule has 0 aliphatic heterocycles. The third kappa shape index (κ3) is 3.13. The summed E-state index contributed by atoms with van der Waals surface area (Å²) in [4.78, 5) is 12.3. The SMILES string of the molecule is O=c1c2ccccc2nnn1CC(O)c1cccc(C(F)(F)F)c1. The fraction of sp³-hybridized carbons (Fsp3) is 0.188. The lowest BCUT2D eigenvalue weighted by Gasteiger charge is -2.14. The maximum Gasteiger partial charge on any atom is 0.416 e. The summed E-state index contributed by atoms with van der Waals surface area (Å²) in [5.41, 5.74) is -0.874. The lowest BCUT2D eigenvalue weighted by Crippen LogP contribution is -2.27. The van der Waals surface area contributed by atoms with Gasteiger partial charge in [0.05, 0.1) is 23.6 Å². The van der Waals surface area contributed by atoms with Gasteiger partial charge in [-0.05, 0) is 29.8 Å². The Hall–Kier alpha value is -2.74. The highest BCUT2D eigenvalue weighted by Crippen LogP contribution is 2.30. The Bertz CT molecular complexity index is 937. The van der Waals surface area contributed by atoms with E-state index in [2.05, 4.69) is 10.3 Å². The summed E-state index contributed by atoms with van der Waals surface area (Å²) in [5, 5.41) is 18.1. The molecule has 2 aromatic carbocycles. The zero-order valence-electron chi connectivity index (χ0n) is 12.2. The van der Waals surface area contributed by atoms with E-state index < -0.39 is 23.4 Å². The zero-order chi connectivity index (χ0) is 17.3. The first-order valence-electron chi connectivity index (χ1n) is 7.04. The Morgan fingerprint density at radius 3 is 2.62 bits per heavy atom. The summed E-state index contributed by atoms with van der Waals surface area (Å²) in [6, 6.07) is 10.9. The molecular formula is C16H12F3N3O2. The van der Waals surface area contributed by atoms with Crippen LogP contribution in [-0.2, 0) is 12.7 Å². The van der Waals surface area contributed by atoms with Gasteiger partial charge in [0, 0.05) is 0 Å². The van der Waals surface area contributed by atoms with Gasteiger partial charge in [0.1, 0.15) is 5.52 Å². The molecule has 3 rings (SSSR count). The Morgan fingerprint density at radius 2 is 1.88 bits per heavy atom. The molecule has 1 aromatic heterocycles. The molecule has 0 saturated carbocycles. The van der Waals surface area contributed by atoms with Gasteiger partial charge >= 0.3 is 6.18 Å². The van der Waals surface area contributed by atoms with Crippen molar-refractivity contribution in [1.82, 2.24) is 15.0 Å². The monoisotopic (exact) mass is 335 g/mol. The van der Waals surface area contributed by atoms with Crippen molar-refractivity contribution >= 4 is 10.9 Å². The van der Waals surface area contributed by atoms with Crippen molar-refractivity contribution in [3.05, 3.63) is 70.0 Å². The largest absolute Gasteiger partial charge is 0.416 e. The molecule has 8 heteroatoms. The molecule has 5 nitrogen and oxygen atoms in total. The highest BCUT2D eigenvalue weighted by atomic mass is 19.4. The topological polar surface area (TPSA) is 68.0 Å². The Morgan fingerprint density at radius 1 is 1.12 bits per heavy atom. The Balaban J connectivity index is 1.92. The van der Waals surface area contributed by atoms with Gasteiger partial charge in [0.15, 0.2) is 0 Å². The second-order valence-electron chi connectivity index (χ2n) is 5.23. The van der Waals surface area contributed by atoms with E-state index in [9.17, 15) is 23.1 Å². The smallest absolute Gasteiger partial charge is 0.386 e. The van der Waals surface area contributed by atoms with E-state index >= 15 is 0 Å². The van der Waals surface area contributed by atoms with Crippen LogP contribution in [0.4, 0.5) is 13.2 Å². The highest BCUT2D eigenvalue weighted by Gasteiger charge is 2.30. The molecule has 0 spiro atoms. The summed E-state index contributed by atoms with van der Waals surface area (Å²) in [7, 11) is 0. The summed E-state index contributed by atoms with van der Waals surface area (Å²) in [5.74, 6) is 0. The minimum Gasteiger partial charge on any atom is -0.386 e. The van der Waals surface area contributed by atoms with E-state index in [4.69, 9.17) is 0 Å². The number of aliphatic hydroxyl groups is 1. The van der Waals surface area contributed by atoms with Crippen LogP contribution in [0.3, 0.4) is 0 Å². The number of benzene rings is 2. The van der Waals surface area contributed by atoms with Gasteiger partial charge in [-0.25, -0.2) is 4.68 Å². The Kier molecular flexibility index (Phi) is 4.06. The van der Waals surface area contributed by atoms with Crippen molar-refractivity contribution in [2.75, 3.05) is 0 Å². The first kappa shape index (κ1) is 16.1. The maximum atomic E-state index is 12.7. The van der Waals surface area contributed by atoms with Crippen LogP contribution in [0.5, 0.6) is 0 Å². The second-order valence-corrected chi connectivity index (χ2v) is 5.23. The Labute approximate surface area is 134 Å². The number of hydrogen-bond acceptors (Lipinski definition) is 4. The normalized spacial score (nSPS) is 13.2. The standard InChI is InChI=1S/C16H12F3N3O2/c17-16(18,19)11-5-3-4-10(8-11)14(23)9-22-15(24)12-6-1-2-7-13(12)20-21-22/h1-8,14,23H,9H2. The molecule has 24 heavy (non-hydrogen) atoms. The molecule has 1 N–H and O–H groups in total. The number of hydrogen-bond donors (Lipinski definition) is 1. The summed E-state index contributed by atoms with van der Waals surface area (Å²) in [6.07, 6.45) is -5.82. The molecule has 1 atom stereocenters. The van der Waals surface area contributed by atoms with Crippen LogP contribution < -0.4 is 5.56 Å². The van der Waals surface area contributed by atoms with E-state index in [1.807, 2.05) is 0 Å². The third-order valence-electron chi connectivity index (χ3n) is 3.57. The molecule has 0 aliphatic carbocycles. The number of nitrogens with zero attached hydrogens (tertiary/aromatic N) is 3. The second kappa shape index (κ2) is 6.04. The molecule has 0 bridgehead atoms. The summed E-state index contributed by atoms with van der Waals surface area (Å²) >= 11 is 0. The van der Waals surface area contributed by atoms with Crippen molar-refractivity contribution in [1.29, 1.82) is 0 Å². The number of rotatable bonds is 3. The maximum absolute atomic E-state index is 12.7. The fourth-order valence-electron chi connectivity index (χ4n) is 2.33. The lowest BCUT2D eigenvalue weighted by molar-refractivity contribution is -0.137. The molecule has 3 aromatic rings. The molecule has 1 heterocycles. The van der Waals surface area contributed by atoms with Crippen LogP contribution in [0.2, 0.25) is 0 Å². The number of aliphatic hydroxyl groups excluding tert-OH is 1. The number of fused-ring (bicyclic) bond motifs is 1. The van der Waals surface area contributed by atoms with Gasteiger partial charge in [-0.3, -0.25) is 4.79 Å². The van der Waals surface area contributed by atoms with Crippen LogP contribution in [0, 0.1) is 0 Å². The summed E-state index contributed by atoms with van der Waals surface area (Å²) in [6.45, 7) is -0.294. The van der Waals surface area contributed by atoms with E-state index in [0.717, 1.165) is 16.8 Å². The molecule has 0 aliphatic rings.